The van der Waals surface area contributed by atoms with E-state index in [-0.39, 0.29) is 0 Å². The number of aliphatic hydroxyl groups is 1. The number of aliphatic hydroxyl groups excluding tert-OH is 1. The molecule has 0 aromatic carbocycles. The molecule has 2 rings (SSSR count). The third-order valence-electron chi connectivity index (χ3n) is 2.74. The second-order valence-corrected chi connectivity index (χ2v) is 4.98. The minimum Gasteiger partial charge on any atom is -0.386 e. The third-order valence-corrected chi connectivity index (χ3v) is 3.42. The summed E-state index contributed by atoms with van der Waals surface area (Å²) in [5, 5.41) is 10.2. The van der Waals surface area contributed by atoms with Crippen molar-refractivity contribution in [1.82, 2.24) is 14.5 Å². The van der Waals surface area contributed by atoms with Crippen LogP contribution in [0.2, 0.25) is 0 Å². The average molecular weight is 310 g/mol. The number of pyridine rings is 1. The number of aryl methyl sites for hydroxylation is 1. The largest absolute Gasteiger partial charge is 0.386 e. The molecule has 4 nitrogen and oxygen atoms in total. The van der Waals surface area contributed by atoms with Gasteiger partial charge in [-0.1, -0.05) is 6.92 Å². The first-order valence-corrected chi connectivity index (χ1v) is 6.80. The van der Waals surface area contributed by atoms with E-state index in [1.165, 1.54) is 0 Å². The average Bonchev–Trinajstić information content (AvgIpc) is 2.78. The summed E-state index contributed by atoms with van der Waals surface area (Å²) >= 11 is 3.40. The van der Waals surface area contributed by atoms with Gasteiger partial charge in [0, 0.05) is 36.0 Å². The standard InChI is InChI=1S/C13H16BrN3O/c1-2-7-17-8-6-15-12(17)9-11(18)13-10(14)4-3-5-16-13/h3-6,8,11,18H,2,7,9H2,1H3. The van der Waals surface area contributed by atoms with Crippen LogP contribution in [0.25, 0.3) is 0 Å². The van der Waals surface area contributed by atoms with E-state index >= 15 is 0 Å². The van der Waals surface area contributed by atoms with Crippen molar-refractivity contribution in [1.29, 1.82) is 0 Å². The SMILES string of the molecule is CCCn1ccnc1CC(O)c1ncccc1Br. The van der Waals surface area contributed by atoms with Crippen LogP contribution in [0.3, 0.4) is 0 Å². The fourth-order valence-electron chi connectivity index (χ4n) is 1.89. The van der Waals surface area contributed by atoms with Crippen molar-refractivity contribution < 1.29 is 5.11 Å². The van der Waals surface area contributed by atoms with E-state index in [1.54, 1.807) is 12.4 Å². The molecule has 0 amide bonds. The molecule has 2 aromatic heterocycles. The van der Waals surface area contributed by atoms with Gasteiger partial charge in [0.1, 0.15) is 11.9 Å². The van der Waals surface area contributed by atoms with Crippen molar-refractivity contribution in [3.8, 4) is 0 Å². The molecule has 0 saturated carbocycles. The molecule has 1 unspecified atom stereocenters. The van der Waals surface area contributed by atoms with E-state index in [2.05, 4.69) is 37.4 Å². The van der Waals surface area contributed by atoms with Crippen molar-refractivity contribution in [3.05, 3.63) is 46.7 Å². The summed E-state index contributed by atoms with van der Waals surface area (Å²) in [4.78, 5) is 8.49. The molecule has 2 heterocycles. The predicted molar refractivity (Wildman–Crippen MR) is 73.1 cm³/mol. The molecule has 0 spiro atoms. The van der Waals surface area contributed by atoms with Crippen LogP contribution in [0.15, 0.2) is 35.2 Å². The van der Waals surface area contributed by atoms with Crippen LogP contribution in [-0.2, 0) is 13.0 Å². The van der Waals surface area contributed by atoms with Crippen LogP contribution >= 0.6 is 15.9 Å². The number of hydrogen-bond donors (Lipinski definition) is 1. The smallest absolute Gasteiger partial charge is 0.111 e. The van der Waals surface area contributed by atoms with Gasteiger partial charge in [-0.25, -0.2) is 4.98 Å². The zero-order chi connectivity index (χ0) is 13.0. The van der Waals surface area contributed by atoms with Crippen molar-refractivity contribution in [2.45, 2.75) is 32.4 Å². The lowest BCUT2D eigenvalue weighted by molar-refractivity contribution is 0.169. The fourth-order valence-corrected chi connectivity index (χ4v) is 2.41. The van der Waals surface area contributed by atoms with Crippen LogP contribution < -0.4 is 0 Å². The van der Waals surface area contributed by atoms with Gasteiger partial charge in [-0.05, 0) is 34.5 Å². The lowest BCUT2D eigenvalue weighted by atomic mass is 10.1. The lowest BCUT2D eigenvalue weighted by Crippen LogP contribution is -2.10. The molecule has 0 saturated heterocycles. The van der Waals surface area contributed by atoms with Crippen LogP contribution in [0.5, 0.6) is 0 Å². The molecule has 0 aliphatic heterocycles. The number of rotatable bonds is 5. The number of halogens is 1. The summed E-state index contributed by atoms with van der Waals surface area (Å²) in [6.07, 6.45) is 6.28. The monoisotopic (exact) mass is 309 g/mol. The summed E-state index contributed by atoms with van der Waals surface area (Å²) in [5.41, 5.74) is 0.656. The molecule has 0 bridgehead atoms. The van der Waals surface area contributed by atoms with Gasteiger partial charge in [0.05, 0.1) is 5.69 Å². The van der Waals surface area contributed by atoms with Gasteiger partial charge in [-0.15, -0.1) is 0 Å². The van der Waals surface area contributed by atoms with Gasteiger partial charge >= 0.3 is 0 Å². The first-order chi connectivity index (χ1) is 8.72. The number of hydrogen-bond acceptors (Lipinski definition) is 3. The number of nitrogens with zero attached hydrogens (tertiary/aromatic N) is 3. The van der Waals surface area contributed by atoms with Crippen molar-refractivity contribution >= 4 is 15.9 Å². The molecule has 0 aliphatic rings. The minimum absolute atomic E-state index is 0.475. The van der Waals surface area contributed by atoms with Crippen LogP contribution in [-0.4, -0.2) is 19.6 Å². The quantitative estimate of drug-likeness (QED) is 0.924. The molecule has 1 N–H and O–H groups in total. The molecule has 2 aromatic rings. The maximum atomic E-state index is 10.2. The highest BCUT2D eigenvalue weighted by molar-refractivity contribution is 9.10. The Morgan fingerprint density at radius 1 is 1.39 bits per heavy atom. The first kappa shape index (κ1) is 13.2. The summed E-state index contributed by atoms with van der Waals surface area (Å²) in [7, 11) is 0. The van der Waals surface area contributed by atoms with Gasteiger partial charge < -0.3 is 9.67 Å². The van der Waals surface area contributed by atoms with E-state index < -0.39 is 6.10 Å². The highest BCUT2D eigenvalue weighted by Crippen LogP contribution is 2.23. The molecular formula is C13H16BrN3O. The molecule has 5 heteroatoms. The summed E-state index contributed by atoms with van der Waals surface area (Å²) in [5.74, 6) is 0.891. The van der Waals surface area contributed by atoms with Gasteiger partial charge in [0.25, 0.3) is 0 Å². The lowest BCUT2D eigenvalue weighted by Gasteiger charge is -2.12. The van der Waals surface area contributed by atoms with E-state index in [1.807, 2.05) is 18.3 Å². The van der Waals surface area contributed by atoms with E-state index in [9.17, 15) is 5.11 Å². The second-order valence-electron chi connectivity index (χ2n) is 4.13. The van der Waals surface area contributed by atoms with Gasteiger partial charge in [-0.3, -0.25) is 4.98 Å². The zero-order valence-corrected chi connectivity index (χ0v) is 11.8. The van der Waals surface area contributed by atoms with E-state index in [0.29, 0.717) is 12.1 Å². The van der Waals surface area contributed by atoms with E-state index in [0.717, 1.165) is 23.3 Å². The molecular weight excluding hydrogens is 294 g/mol. The van der Waals surface area contributed by atoms with Crippen LogP contribution in [0.1, 0.15) is 31.0 Å². The Hall–Kier alpha value is -1.20. The molecule has 0 aliphatic carbocycles. The zero-order valence-electron chi connectivity index (χ0n) is 10.3. The normalized spacial score (nSPS) is 12.6. The highest BCUT2D eigenvalue weighted by Gasteiger charge is 2.15. The number of imidazole rings is 1. The summed E-state index contributed by atoms with van der Waals surface area (Å²) in [6.45, 7) is 3.04. The highest BCUT2D eigenvalue weighted by atomic mass is 79.9. The topological polar surface area (TPSA) is 50.9 Å². The van der Waals surface area contributed by atoms with Crippen molar-refractivity contribution in [3.63, 3.8) is 0 Å². The van der Waals surface area contributed by atoms with Gasteiger partial charge in [0.2, 0.25) is 0 Å². The van der Waals surface area contributed by atoms with Crippen LogP contribution in [0.4, 0.5) is 0 Å². The fraction of sp³-hybridized carbons (Fsp3) is 0.385. The predicted octanol–water partition coefficient (Wildman–Crippen LogP) is 2.73. The Balaban J connectivity index is 2.14. The minimum atomic E-state index is -0.640. The van der Waals surface area contributed by atoms with E-state index in [4.69, 9.17) is 0 Å². The van der Waals surface area contributed by atoms with Crippen molar-refractivity contribution in [2.75, 3.05) is 0 Å². The molecule has 1 atom stereocenters. The van der Waals surface area contributed by atoms with Crippen molar-refractivity contribution in [2.24, 2.45) is 0 Å². The first-order valence-electron chi connectivity index (χ1n) is 6.01. The summed E-state index contributed by atoms with van der Waals surface area (Å²) in [6, 6.07) is 3.71. The molecule has 0 fully saturated rings. The summed E-state index contributed by atoms with van der Waals surface area (Å²) < 4.78 is 2.89. The maximum absolute atomic E-state index is 10.2. The molecule has 0 radical (unpaired) electrons. The Labute approximate surface area is 115 Å². The molecule has 96 valence electrons. The Kier molecular flexibility index (Phi) is 4.49. The Bertz CT molecular complexity index is 512. The number of aromatic nitrogens is 3. The Morgan fingerprint density at radius 3 is 2.94 bits per heavy atom. The van der Waals surface area contributed by atoms with Gasteiger partial charge in [0.15, 0.2) is 0 Å². The molecule has 18 heavy (non-hydrogen) atoms. The maximum Gasteiger partial charge on any atom is 0.111 e. The Morgan fingerprint density at radius 2 is 2.22 bits per heavy atom. The van der Waals surface area contributed by atoms with Crippen LogP contribution in [0, 0.1) is 0 Å². The second kappa shape index (κ2) is 6.11. The van der Waals surface area contributed by atoms with Gasteiger partial charge in [-0.2, -0.15) is 0 Å². The third kappa shape index (κ3) is 2.97.